The zero-order chi connectivity index (χ0) is 25.2. The molecule has 2 aliphatic rings. The predicted octanol–water partition coefficient (Wildman–Crippen LogP) is 8.31. The Morgan fingerprint density at radius 2 is 1.58 bits per heavy atom. The first-order valence-electron chi connectivity index (χ1n) is 14.8. The smallest absolute Gasteiger partial charge is 0.191 e. The molecule has 1 fully saturated rings. The first-order valence-corrected chi connectivity index (χ1v) is 18.9. The molecule has 1 unspecified atom stereocenters. The van der Waals surface area contributed by atoms with Gasteiger partial charge in [0.05, 0.1) is 6.54 Å². The summed E-state index contributed by atoms with van der Waals surface area (Å²) in [7, 11) is -1.40. The van der Waals surface area contributed by atoms with Crippen LogP contribution in [0.4, 0.5) is 0 Å². The van der Waals surface area contributed by atoms with Gasteiger partial charge in [-0.25, -0.2) is 0 Å². The molecule has 2 heterocycles. The number of amidine groups is 1. The van der Waals surface area contributed by atoms with Gasteiger partial charge in [-0.15, -0.1) is 0 Å². The minimum atomic E-state index is -1.40. The van der Waals surface area contributed by atoms with Crippen LogP contribution in [0.3, 0.4) is 0 Å². The first kappa shape index (κ1) is 27.7. The molecule has 3 nitrogen and oxygen atoms in total. The van der Waals surface area contributed by atoms with Gasteiger partial charge >= 0.3 is 0 Å². The molecule has 1 saturated heterocycles. The Labute approximate surface area is 225 Å². The quantitative estimate of drug-likeness (QED) is 0.173. The Bertz CT molecular complexity index is 960. The van der Waals surface area contributed by atoms with E-state index in [1.807, 2.05) is 0 Å². The van der Waals surface area contributed by atoms with Crippen molar-refractivity contribution in [1.82, 2.24) is 9.47 Å². The summed E-state index contributed by atoms with van der Waals surface area (Å²) in [4.78, 5) is 7.68. The van der Waals surface area contributed by atoms with E-state index in [0.717, 1.165) is 19.6 Å². The van der Waals surface area contributed by atoms with Gasteiger partial charge in [-0.3, -0.25) is 4.99 Å². The summed E-state index contributed by atoms with van der Waals surface area (Å²) in [5.41, 5.74) is 1.42. The first-order chi connectivity index (χ1) is 17.7. The number of hydrogen-bond donors (Lipinski definition) is 0. The lowest BCUT2D eigenvalue weighted by Crippen LogP contribution is -2.50. The van der Waals surface area contributed by atoms with Crippen molar-refractivity contribution in [1.29, 1.82) is 0 Å². The Hall–Kier alpha value is -1.30. The van der Waals surface area contributed by atoms with Crippen molar-refractivity contribution in [2.24, 2.45) is 4.99 Å². The molecule has 5 heteroatoms. The average molecular weight is 524 g/mol. The molecule has 2 aliphatic heterocycles. The number of benzene rings is 2. The van der Waals surface area contributed by atoms with E-state index in [0.29, 0.717) is 5.92 Å². The Morgan fingerprint density at radius 3 is 2.33 bits per heavy atom. The van der Waals surface area contributed by atoms with E-state index < -0.39 is 7.38 Å². The van der Waals surface area contributed by atoms with Crippen molar-refractivity contribution in [2.45, 2.75) is 90.1 Å². The van der Waals surface area contributed by atoms with Crippen LogP contribution in [0.1, 0.15) is 83.6 Å². The van der Waals surface area contributed by atoms with E-state index in [9.17, 15) is 0 Å². The molecule has 0 aromatic heterocycles. The van der Waals surface area contributed by atoms with Gasteiger partial charge < -0.3 is 9.47 Å². The van der Waals surface area contributed by atoms with Crippen LogP contribution in [0.2, 0.25) is 12.1 Å². The van der Waals surface area contributed by atoms with Crippen molar-refractivity contribution >= 4 is 35.2 Å². The van der Waals surface area contributed by atoms with Crippen LogP contribution >= 0.6 is 11.2 Å². The molecule has 0 spiro atoms. The minimum Gasteiger partial charge on any atom is -0.357 e. The second-order valence-electron chi connectivity index (χ2n) is 10.9. The van der Waals surface area contributed by atoms with Crippen molar-refractivity contribution in [3.8, 4) is 0 Å². The standard InChI is InChI=1S/C31H49N3SSi/c1-4-6-8-12-25-36(26-13-9-7-5-2)34(23-24-35-36)22-21-33-20-19-32-31(33)27(3)29-18-14-16-28-15-10-11-17-30(28)29/h10-11,14-18,27H,4-9,12-13,19-26H2,1-3H3. The lowest BCUT2D eigenvalue weighted by molar-refractivity contribution is 0.365. The molecule has 0 radical (unpaired) electrons. The second kappa shape index (κ2) is 14.0. The molecule has 198 valence electrons. The van der Waals surface area contributed by atoms with Crippen LogP contribution in [-0.2, 0) is 0 Å². The second-order valence-corrected chi connectivity index (χ2v) is 18.3. The van der Waals surface area contributed by atoms with E-state index in [-0.39, 0.29) is 0 Å². The maximum atomic E-state index is 5.05. The fourth-order valence-electron chi connectivity index (χ4n) is 6.34. The molecule has 0 saturated carbocycles. The topological polar surface area (TPSA) is 18.8 Å². The van der Waals surface area contributed by atoms with Crippen LogP contribution < -0.4 is 0 Å². The molecule has 4 rings (SSSR count). The van der Waals surface area contributed by atoms with Crippen LogP contribution in [0.15, 0.2) is 47.5 Å². The Balaban J connectivity index is 1.41. The number of rotatable bonds is 15. The SMILES string of the molecule is CCCCCC[Si]1(CCCCCC)SCCN1CCN1CCN=C1C(C)c1cccc2ccccc12. The van der Waals surface area contributed by atoms with Crippen molar-refractivity contribution in [2.75, 3.05) is 38.5 Å². The van der Waals surface area contributed by atoms with Crippen molar-refractivity contribution in [3.63, 3.8) is 0 Å². The highest BCUT2D eigenvalue weighted by Crippen LogP contribution is 2.41. The summed E-state index contributed by atoms with van der Waals surface area (Å²) in [5, 5.41) is 2.71. The summed E-state index contributed by atoms with van der Waals surface area (Å²) in [6, 6.07) is 18.6. The van der Waals surface area contributed by atoms with Crippen molar-refractivity contribution < 1.29 is 0 Å². The van der Waals surface area contributed by atoms with Crippen LogP contribution in [0.5, 0.6) is 0 Å². The molecule has 0 aliphatic carbocycles. The zero-order valence-electron chi connectivity index (χ0n) is 23.2. The highest BCUT2D eigenvalue weighted by molar-refractivity contribution is 8.29. The summed E-state index contributed by atoms with van der Waals surface area (Å²) in [5.74, 6) is 3.02. The predicted molar refractivity (Wildman–Crippen MR) is 164 cm³/mol. The van der Waals surface area contributed by atoms with E-state index in [2.05, 4.69) is 83.9 Å². The molecule has 0 N–H and O–H groups in total. The van der Waals surface area contributed by atoms with Crippen LogP contribution in [0, 0.1) is 0 Å². The van der Waals surface area contributed by atoms with Gasteiger partial charge in [-0.1, -0.05) is 115 Å². The molecule has 0 amide bonds. The van der Waals surface area contributed by atoms with E-state index in [4.69, 9.17) is 4.99 Å². The molecule has 2 aromatic rings. The number of nitrogens with zero attached hydrogens (tertiary/aromatic N) is 3. The minimum absolute atomic E-state index is 0.344. The normalized spacial score (nSPS) is 18.8. The van der Waals surface area contributed by atoms with Crippen LogP contribution in [-0.4, -0.2) is 61.2 Å². The van der Waals surface area contributed by atoms with E-state index in [1.165, 1.54) is 104 Å². The highest BCUT2D eigenvalue weighted by Gasteiger charge is 2.43. The fourth-order valence-corrected chi connectivity index (χ4v) is 15.4. The van der Waals surface area contributed by atoms with Gasteiger partial charge in [0, 0.05) is 37.8 Å². The van der Waals surface area contributed by atoms with Gasteiger partial charge in [0.2, 0.25) is 0 Å². The number of unbranched alkanes of at least 4 members (excludes halogenated alkanes) is 6. The van der Waals surface area contributed by atoms with E-state index >= 15 is 0 Å². The molecule has 2 aromatic carbocycles. The van der Waals surface area contributed by atoms with Gasteiger partial charge in [0.15, 0.2) is 7.38 Å². The third-order valence-electron chi connectivity index (χ3n) is 8.43. The van der Waals surface area contributed by atoms with Crippen molar-refractivity contribution in [3.05, 3.63) is 48.0 Å². The Kier molecular flexibility index (Phi) is 10.8. The summed E-state index contributed by atoms with van der Waals surface area (Å²) in [6.45, 7) is 12.8. The maximum absolute atomic E-state index is 5.05. The van der Waals surface area contributed by atoms with Gasteiger partial charge in [0.1, 0.15) is 5.84 Å². The average Bonchev–Trinajstić information content (AvgIpc) is 3.54. The highest BCUT2D eigenvalue weighted by atomic mass is 32.4. The summed E-state index contributed by atoms with van der Waals surface area (Å²) < 4.78 is 3.02. The number of fused-ring (bicyclic) bond motifs is 1. The monoisotopic (exact) mass is 523 g/mol. The molecular weight excluding hydrogens is 475 g/mol. The largest absolute Gasteiger partial charge is 0.357 e. The molecule has 0 bridgehead atoms. The van der Waals surface area contributed by atoms with Crippen LogP contribution in [0.25, 0.3) is 10.8 Å². The van der Waals surface area contributed by atoms with Gasteiger partial charge in [-0.2, -0.15) is 11.2 Å². The fraction of sp³-hybridized carbons (Fsp3) is 0.645. The van der Waals surface area contributed by atoms with Gasteiger partial charge in [-0.05, 0) is 28.4 Å². The number of aliphatic imine (C=N–C) groups is 1. The summed E-state index contributed by atoms with van der Waals surface area (Å²) in [6.07, 6.45) is 11.3. The third kappa shape index (κ3) is 6.76. The number of hydrogen-bond acceptors (Lipinski definition) is 4. The molecule has 36 heavy (non-hydrogen) atoms. The zero-order valence-corrected chi connectivity index (χ0v) is 25.0. The lowest BCUT2D eigenvalue weighted by Gasteiger charge is -2.37. The third-order valence-corrected chi connectivity index (χ3v) is 17.5. The van der Waals surface area contributed by atoms with Gasteiger partial charge in [0.25, 0.3) is 0 Å². The molecule has 1 atom stereocenters. The maximum Gasteiger partial charge on any atom is 0.191 e. The summed E-state index contributed by atoms with van der Waals surface area (Å²) >= 11 is 2.42. The van der Waals surface area contributed by atoms with E-state index in [1.54, 1.807) is 0 Å². The lowest BCUT2D eigenvalue weighted by atomic mass is 9.93. The molecular formula is C31H49N3SSi. The Morgan fingerprint density at radius 1 is 0.861 bits per heavy atom.